The van der Waals surface area contributed by atoms with Crippen LogP contribution in [0.3, 0.4) is 0 Å². The number of carboxylic acids is 2. The molecule has 0 amide bonds. The molecule has 0 saturated carbocycles. The second kappa shape index (κ2) is 20.9. The Morgan fingerprint density at radius 2 is 1.52 bits per heavy atom. The van der Waals surface area contributed by atoms with E-state index in [1.165, 1.54) is 0 Å². The standard InChI is InChI=1S/C6H14N2O2.C5H11NO2S.Ca.H3P.2H/c7-4-2-1-3-5(8)6(9)10;1-9-3-2-4(6)5(7)8;;;;/h5H,1-4,7-8H2,(H,9,10);4H,2-3,6H2,1H3,(H,7,8);;1H3;;/q;;+2;;2*-1. The first-order valence-corrected chi connectivity index (χ1v) is 7.41. The van der Waals surface area contributed by atoms with Gasteiger partial charge < -0.3 is 30.3 Å². The Hall–Kier alpha value is 0.860. The summed E-state index contributed by atoms with van der Waals surface area (Å²) in [6, 6.07) is -1.40. The van der Waals surface area contributed by atoms with E-state index in [4.69, 9.17) is 27.4 Å². The van der Waals surface area contributed by atoms with Gasteiger partial charge in [-0.15, -0.1) is 0 Å². The zero-order valence-electron chi connectivity index (χ0n) is 14.7. The largest absolute Gasteiger partial charge is 2.00 e. The van der Waals surface area contributed by atoms with Crippen LogP contribution in [0.1, 0.15) is 28.5 Å². The summed E-state index contributed by atoms with van der Waals surface area (Å²) in [4.78, 5) is 20.2. The van der Waals surface area contributed by atoms with Crippen LogP contribution in [0.25, 0.3) is 0 Å². The van der Waals surface area contributed by atoms with Crippen molar-refractivity contribution in [1.29, 1.82) is 0 Å². The van der Waals surface area contributed by atoms with Crippen molar-refractivity contribution in [3.8, 4) is 0 Å². The quantitative estimate of drug-likeness (QED) is 0.208. The molecular weight excluding hydrogens is 341 g/mol. The van der Waals surface area contributed by atoms with Crippen LogP contribution in [-0.4, -0.2) is 90.5 Å². The van der Waals surface area contributed by atoms with Crippen molar-refractivity contribution in [2.24, 2.45) is 17.2 Å². The average Bonchev–Trinajstić information content (AvgIpc) is 2.36. The fourth-order valence-corrected chi connectivity index (χ4v) is 1.49. The van der Waals surface area contributed by atoms with Gasteiger partial charge in [-0.3, -0.25) is 9.59 Å². The molecule has 8 N–H and O–H groups in total. The predicted octanol–water partition coefficient (Wildman–Crippen LogP) is -0.419. The summed E-state index contributed by atoms with van der Waals surface area (Å²) in [7, 11) is 0. The minimum atomic E-state index is -0.933. The van der Waals surface area contributed by atoms with Crippen LogP contribution in [-0.2, 0) is 9.59 Å². The first kappa shape index (κ1) is 29.8. The van der Waals surface area contributed by atoms with Gasteiger partial charge in [0, 0.05) is 0 Å². The molecule has 3 atom stereocenters. The monoisotopic (exact) mass is 371 g/mol. The molecule has 0 aliphatic rings. The maximum atomic E-state index is 10.1. The van der Waals surface area contributed by atoms with Gasteiger partial charge in [-0.25, -0.2) is 0 Å². The molecule has 0 bridgehead atoms. The number of nitrogens with two attached hydrogens (primary N) is 3. The molecule has 0 aliphatic heterocycles. The molecule has 21 heavy (non-hydrogen) atoms. The van der Waals surface area contributed by atoms with Crippen LogP contribution in [0.15, 0.2) is 0 Å². The van der Waals surface area contributed by atoms with Crippen molar-refractivity contribution in [2.75, 3.05) is 18.6 Å². The number of carbonyl (C=O) groups is 2. The second-order valence-electron chi connectivity index (χ2n) is 3.96. The summed E-state index contributed by atoms with van der Waals surface area (Å²) in [5.74, 6) is -1.03. The maximum Gasteiger partial charge on any atom is 2.00 e. The molecule has 0 aromatic carbocycles. The van der Waals surface area contributed by atoms with Gasteiger partial charge in [0.05, 0.1) is 0 Å². The molecule has 10 heteroatoms. The Labute approximate surface area is 166 Å². The molecule has 0 fully saturated rings. The summed E-state index contributed by atoms with van der Waals surface area (Å²) < 4.78 is 0. The normalized spacial score (nSPS) is 11.8. The smallest absolute Gasteiger partial charge is 1.00 e. The third-order valence-electron chi connectivity index (χ3n) is 2.24. The van der Waals surface area contributed by atoms with Gasteiger partial charge in [-0.2, -0.15) is 21.7 Å². The number of unbranched alkanes of at least 4 members (excludes halogenated alkanes) is 1. The van der Waals surface area contributed by atoms with E-state index in [0.29, 0.717) is 19.4 Å². The molecule has 0 radical (unpaired) electrons. The number of hydrogen-bond acceptors (Lipinski definition) is 6. The Bertz CT molecular complexity index is 275. The second-order valence-corrected chi connectivity index (χ2v) is 4.94. The van der Waals surface area contributed by atoms with Crippen molar-refractivity contribution in [2.45, 2.75) is 37.8 Å². The van der Waals surface area contributed by atoms with Gasteiger partial charge in [-0.1, -0.05) is 6.42 Å². The van der Waals surface area contributed by atoms with E-state index < -0.39 is 24.0 Å². The molecule has 0 aliphatic carbocycles. The summed E-state index contributed by atoms with van der Waals surface area (Å²) >= 11 is 1.60. The Kier molecular flexibility index (Phi) is 29.6. The third-order valence-corrected chi connectivity index (χ3v) is 2.88. The summed E-state index contributed by atoms with van der Waals surface area (Å²) in [6.45, 7) is 0.604. The van der Waals surface area contributed by atoms with Gasteiger partial charge in [0.15, 0.2) is 0 Å². The molecule has 3 unspecified atom stereocenters. The van der Waals surface area contributed by atoms with E-state index >= 15 is 0 Å². The van der Waals surface area contributed by atoms with Crippen molar-refractivity contribution < 1.29 is 22.7 Å². The van der Waals surface area contributed by atoms with Gasteiger partial charge in [0.1, 0.15) is 12.1 Å². The van der Waals surface area contributed by atoms with E-state index in [1.807, 2.05) is 6.26 Å². The summed E-state index contributed by atoms with van der Waals surface area (Å²) in [5, 5.41) is 16.6. The molecule has 0 aromatic heterocycles. The molecule has 0 saturated heterocycles. The Balaban J connectivity index is -0.0000000537. The van der Waals surface area contributed by atoms with E-state index in [-0.39, 0.29) is 50.5 Å². The van der Waals surface area contributed by atoms with Crippen LogP contribution < -0.4 is 17.2 Å². The number of carboxylic acid groups (broad SMARTS) is 2. The van der Waals surface area contributed by atoms with Crippen LogP contribution in [0.4, 0.5) is 0 Å². The van der Waals surface area contributed by atoms with E-state index in [2.05, 4.69) is 0 Å². The number of rotatable bonds is 9. The Morgan fingerprint density at radius 1 is 1.10 bits per heavy atom. The van der Waals surface area contributed by atoms with E-state index in [9.17, 15) is 9.59 Å². The summed E-state index contributed by atoms with van der Waals surface area (Å²) in [5.41, 5.74) is 15.6. The number of thioether (sulfide) groups is 1. The molecule has 126 valence electrons. The summed E-state index contributed by atoms with van der Waals surface area (Å²) in [6.07, 6.45) is 4.64. The van der Waals surface area contributed by atoms with Crippen molar-refractivity contribution >= 4 is 71.3 Å². The van der Waals surface area contributed by atoms with Crippen LogP contribution in [0.5, 0.6) is 0 Å². The Morgan fingerprint density at radius 3 is 1.86 bits per heavy atom. The van der Waals surface area contributed by atoms with Crippen molar-refractivity contribution in [3.05, 3.63) is 0 Å². The van der Waals surface area contributed by atoms with Gasteiger partial charge in [0.2, 0.25) is 0 Å². The molecule has 0 rings (SSSR count). The number of hydrogen-bond donors (Lipinski definition) is 5. The topological polar surface area (TPSA) is 153 Å². The molecular formula is C11H30CaN3O4PS. The molecule has 0 heterocycles. The zero-order valence-corrected chi connectivity index (χ0v) is 17.1. The first-order valence-electron chi connectivity index (χ1n) is 6.02. The van der Waals surface area contributed by atoms with Gasteiger partial charge >= 0.3 is 49.7 Å². The fourth-order valence-electron chi connectivity index (χ4n) is 1.00. The van der Waals surface area contributed by atoms with Crippen LogP contribution in [0.2, 0.25) is 0 Å². The van der Waals surface area contributed by atoms with E-state index in [1.54, 1.807) is 11.8 Å². The van der Waals surface area contributed by atoms with E-state index in [0.717, 1.165) is 18.6 Å². The SMILES string of the molecule is CSCCC(N)C(=O)O.NCCCCC(N)C(=O)O.P.[Ca+2].[H-].[H-]. The average molecular weight is 371 g/mol. The van der Waals surface area contributed by atoms with Gasteiger partial charge in [-0.05, 0) is 37.8 Å². The van der Waals surface area contributed by atoms with Crippen LogP contribution >= 0.6 is 21.7 Å². The third kappa shape index (κ3) is 23.3. The van der Waals surface area contributed by atoms with Crippen molar-refractivity contribution in [1.82, 2.24) is 0 Å². The first-order chi connectivity index (χ1) is 8.86. The minimum absolute atomic E-state index is 0. The maximum absolute atomic E-state index is 10.1. The zero-order chi connectivity index (χ0) is 15.3. The predicted molar refractivity (Wildman–Crippen MR) is 96.2 cm³/mol. The van der Waals surface area contributed by atoms with Crippen LogP contribution in [0, 0.1) is 0 Å². The molecule has 0 aromatic rings. The van der Waals surface area contributed by atoms with Gasteiger partial charge in [0.25, 0.3) is 0 Å². The number of aliphatic carboxylic acids is 2. The van der Waals surface area contributed by atoms with Crippen molar-refractivity contribution in [3.63, 3.8) is 0 Å². The minimum Gasteiger partial charge on any atom is -1.00 e. The molecule has 7 nitrogen and oxygen atoms in total. The fraction of sp³-hybridized carbons (Fsp3) is 0.818. The molecule has 0 spiro atoms.